The summed E-state index contributed by atoms with van der Waals surface area (Å²) in [5, 5.41) is 10.0. The molecule has 2 aromatic rings. The Bertz CT molecular complexity index is 992. The highest BCUT2D eigenvalue weighted by molar-refractivity contribution is 7.89. The maximum absolute atomic E-state index is 12.9. The Labute approximate surface area is 152 Å². The Balaban J connectivity index is 2.03. The van der Waals surface area contributed by atoms with Crippen LogP contribution in [0.15, 0.2) is 64.8 Å². The molecule has 7 heteroatoms. The molecule has 1 aliphatic rings. The van der Waals surface area contributed by atoms with Crippen LogP contribution in [-0.4, -0.2) is 19.3 Å². The summed E-state index contributed by atoms with van der Waals surface area (Å²) in [6.45, 7) is 1.95. The van der Waals surface area contributed by atoms with Gasteiger partial charge in [-0.15, -0.1) is 0 Å². The average molecular weight is 374 g/mol. The molecule has 5 nitrogen and oxygen atoms in total. The standard InChI is InChI=1S/C18H16ClN3O2S/c1-12-5-7-15(8-6-12)25(23,24)22-11-17(16(10-20)18(22)21)13-3-2-4-14(19)9-13/h2-9,17H,11,21H2,1H3. The number of sulfonamides is 1. The molecule has 2 N–H and O–H groups in total. The van der Waals surface area contributed by atoms with Crippen LogP contribution in [-0.2, 0) is 10.0 Å². The summed E-state index contributed by atoms with van der Waals surface area (Å²) in [5.41, 5.74) is 7.97. The summed E-state index contributed by atoms with van der Waals surface area (Å²) in [5.74, 6) is -0.475. The van der Waals surface area contributed by atoms with Crippen molar-refractivity contribution in [1.29, 1.82) is 5.26 Å². The third-order valence-corrected chi connectivity index (χ3v) is 6.25. The van der Waals surface area contributed by atoms with Crippen molar-refractivity contribution in [2.45, 2.75) is 17.7 Å². The second kappa shape index (κ2) is 6.43. The Hall–Kier alpha value is -2.49. The molecule has 1 unspecified atom stereocenters. The highest BCUT2D eigenvalue weighted by atomic mass is 35.5. The van der Waals surface area contributed by atoms with Gasteiger partial charge in [0, 0.05) is 17.5 Å². The summed E-state index contributed by atoms with van der Waals surface area (Å²) < 4.78 is 27.0. The molecule has 0 fully saturated rings. The number of rotatable bonds is 3. The van der Waals surface area contributed by atoms with Crippen LogP contribution in [0.1, 0.15) is 17.0 Å². The fraction of sp³-hybridized carbons (Fsp3) is 0.167. The van der Waals surface area contributed by atoms with Crippen LogP contribution in [0.25, 0.3) is 0 Å². The lowest BCUT2D eigenvalue weighted by atomic mass is 9.94. The Morgan fingerprint density at radius 1 is 1.24 bits per heavy atom. The van der Waals surface area contributed by atoms with Gasteiger partial charge < -0.3 is 5.73 Å². The van der Waals surface area contributed by atoms with E-state index in [1.54, 1.807) is 30.3 Å². The highest BCUT2D eigenvalue weighted by Crippen LogP contribution is 2.37. The molecule has 128 valence electrons. The van der Waals surface area contributed by atoms with Crippen molar-refractivity contribution in [3.63, 3.8) is 0 Å². The number of halogens is 1. The molecule has 0 saturated carbocycles. The van der Waals surface area contributed by atoms with E-state index in [0.717, 1.165) is 15.4 Å². The topological polar surface area (TPSA) is 87.2 Å². The van der Waals surface area contributed by atoms with Gasteiger partial charge in [0.15, 0.2) is 0 Å². The maximum atomic E-state index is 12.9. The van der Waals surface area contributed by atoms with E-state index in [1.165, 1.54) is 12.1 Å². The third kappa shape index (κ3) is 3.09. The lowest BCUT2D eigenvalue weighted by Gasteiger charge is -2.20. The number of hydrogen-bond donors (Lipinski definition) is 1. The van der Waals surface area contributed by atoms with Gasteiger partial charge in [-0.05, 0) is 36.8 Å². The van der Waals surface area contributed by atoms with Crippen molar-refractivity contribution in [3.05, 3.63) is 76.1 Å². The van der Waals surface area contributed by atoms with E-state index in [0.29, 0.717) is 5.02 Å². The summed E-state index contributed by atoms with van der Waals surface area (Å²) in [7, 11) is -3.83. The van der Waals surface area contributed by atoms with E-state index < -0.39 is 15.9 Å². The minimum atomic E-state index is -3.83. The number of nitrogens with two attached hydrogens (primary N) is 1. The molecule has 0 bridgehead atoms. The van der Waals surface area contributed by atoms with Crippen molar-refractivity contribution in [2.75, 3.05) is 6.54 Å². The molecule has 0 amide bonds. The summed E-state index contributed by atoms with van der Waals surface area (Å²) in [6, 6.07) is 15.6. The van der Waals surface area contributed by atoms with Crippen molar-refractivity contribution in [1.82, 2.24) is 4.31 Å². The van der Waals surface area contributed by atoms with Gasteiger partial charge in [-0.2, -0.15) is 5.26 Å². The van der Waals surface area contributed by atoms with Gasteiger partial charge >= 0.3 is 0 Å². The largest absolute Gasteiger partial charge is 0.384 e. The first-order valence-electron chi connectivity index (χ1n) is 7.59. The first-order valence-corrected chi connectivity index (χ1v) is 9.41. The Morgan fingerprint density at radius 3 is 2.52 bits per heavy atom. The molecule has 0 radical (unpaired) electrons. The first-order chi connectivity index (χ1) is 11.8. The van der Waals surface area contributed by atoms with Crippen molar-refractivity contribution in [2.24, 2.45) is 5.73 Å². The lowest BCUT2D eigenvalue weighted by Crippen LogP contribution is -2.32. The fourth-order valence-electron chi connectivity index (χ4n) is 2.86. The van der Waals surface area contributed by atoms with E-state index >= 15 is 0 Å². The van der Waals surface area contributed by atoms with Crippen LogP contribution in [0, 0.1) is 18.3 Å². The molecule has 0 aliphatic carbocycles. The monoisotopic (exact) mass is 373 g/mol. The molecule has 0 spiro atoms. The van der Waals surface area contributed by atoms with Crippen LogP contribution in [0.2, 0.25) is 5.02 Å². The quantitative estimate of drug-likeness (QED) is 0.895. The van der Waals surface area contributed by atoms with Crippen LogP contribution in [0.3, 0.4) is 0 Å². The molecule has 3 rings (SSSR count). The van der Waals surface area contributed by atoms with Crippen LogP contribution < -0.4 is 5.73 Å². The molecule has 0 saturated heterocycles. The molecular weight excluding hydrogens is 358 g/mol. The van der Waals surface area contributed by atoms with E-state index in [1.807, 2.05) is 19.1 Å². The van der Waals surface area contributed by atoms with Gasteiger partial charge in [0.1, 0.15) is 5.82 Å². The van der Waals surface area contributed by atoms with Gasteiger partial charge in [-0.3, -0.25) is 4.31 Å². The Kier molecular flexibility index (Phi) is 4.46. The van der Waals surface area contributed by atoms with Crippen LogP contribution in [0.5, 0.6) is 0 Å². The van der Waals surface area contributed by atoms with Crippen molar-refractivity contribution < 1.29 is 8.42 Å². The molecule has 1 heterocycles. The van der Waals surface area contributed by atoms with Crippen molar-refractivity contribution >= 4 is 21.6 Å². The molecule has 25 heavy (non-hydrogen) atoms. The SMILES string of the molecule is Cc1ccc(S(=O)(=O)N2CC(c3cccc(Cl)c3)C(C#N)=C2N)cc1. The summed E-state index contributed by atoms with van der Waals surface area (Å²) in [6.07, 6.45) is 0. The first kappa shape index (κ1) is 17.3. The van der Waals surface area contributed by atoms with Crippen LogP contribution >= 0.6 is 11.6 Å². The minimum absolute atomic E-state index is 0.0342. The number of nitriles is 1. The molecule has 0 aromatic heterocycles. The predicted molar refractivity (Wildman–Crippen MR) is 96.1 cm³/mol. The number of benzene rings is 2. The summed E-state index contributed by atoms with van der Waals surface area (Å²) >= 11 is 6.03. The molecular formula is C18H16ClN3O2S. The van der Waals surface area contributed by atoms with Crippen molar-refractivity contribution in [3.8, 4) is 6.07 Å². The van der Waals surface area contributed by atoms with Gasteiger partial charge in [0.05, 0.1) is 16.5 Å². The van der Waals surface area contributed by atoms with Gasteiger partial charge in [-0.25, -0.2) is 8.42 Å². The second-order valence-corrected chi connectivity index (χ2v) is 8.17. The smallest absolute Gasteiger partial charge is 0.265 e. The minimum Gasteiger partial charge on any atom is -0.384 e. The van der Waals surface area contributed by atoms with Gasteiger partial charge in [-0.1, -0.05) is 41.4 Å². The zero-order valence-electron chi connectivity index (χ0n) is 13.5. The highest BCUT2D eigenvalue weighted by Gasteiger charge is 2.38. The van der Waals surface area contributed by atoms with Gasteiger partial charge in [0.2, 0.25) is 0 Å². The zero-order chi connectivity index (χ0) is 18.2. The molecule has 1 aliphatic heterocycles. The number of nitrogens with zero attached hydrogens (tertiary/aromatic N) is 2. The lowest BCUT2D eigenvalue weighted by molar-refractivity contribution is 0.487. The van der Waals surface area contributed by atoms with E-state index in [9.17, 15) is 13.7 Å². The third-order valence-electron chi connectivity index (χ3n) is 4.22. The normalized spacial score (nSPS) is 17.6. The zero-order valence-corrected chi connectivity index (χ0v) is 15.1. The Morgan fingerprint density at radius 2 is 1.92 bits per heavy atom. The van der Waals surface area contributed by atoms with E-state index in [-0.39, 0.29) is 22.8 Å². The fourth-order valence-corrected chi connectivity index (χ4v) is 4.50. The van der Waals surface area contributed by atoms with E-state index in [4.69, 9.17) is 17.3 Å². The molecule has 1 atom stereocenters. The van der Waals surface area contributed by atoms with Gasteiger partial charge in [0.25, 0.3) is 10.0 Å². The maximum Gasteiger partial charge on any atom is 0.265 e. The predicted octanol–water partition coefficient (Wildman–Crippen LogP) is 3.13. The average Bonchev–Trinajstić information content (AvgIpc) is 2.92. The number of hydrogen-bond acceptors (Lipinski definition) is 4. The molecule has 2 aromatic carbocycles. The van der Waals surface area contributed by atoms with Crippen LogP contribution in [0.4, 0.5) is 0 Å². The van der Waals surface area contributed by atoms with E-state index in [2.05, 4.69) is 0 Å². The summed E-state index contributed by atoms with van der Waals surface area (Å²) in [4.78, 5) is 0.144. The second-order valence-electron chi connectivity index (χ2n) is 5.87. The number of aryl methyl sites for hydroxylation is 1.